The van der Waals surface area contributed by atoms with E-state index in [1.807, 2.05) is 62.5 Å². The van der Waals surface area contributed by atoms with E-state index in [4.69, 9.17) is 4.74 Å². The van der Waals surface area contributed by atoms with Gasteiger partial charge in [-0.1, -0.05) is 62.2 Å². The first-order valence-electron chi connectivity index (χ1n) is 11.5. The number of amides is 1. The first-order valence-corrected chi connectivity index (χ1v) is 13.2. The van der Waals surface area contributed by atoms with E-state index in [9.17, 15) is 4.79 Å². The molecule has 33 heavy (non-hydrogen) atoms. The number of ether oxygens (including phenoxy) is 1. The van der Waals surface area contributed by atoms with E-state index >= 15 is 0 Å². The van der Waals surface area contributed by atoms with Crippen LogP contribution in [-0.2, 0) is 14.9 Å². The van der Waals surface area contributed by atoms with Gasteiger partial charge in [-0.05, 0) is 49.6 Å². The minimum atomic E-state index is -0.606. The van der Waals surface area contributed by atoms with Crippen molar-refractivity contribution in [3.05, 3.63) is 63.0 Å². The molecular formula is C26H34BrN3O2S. The lowest BCUT2D eigenvalue weighted by Gasteiger charge is -2.36. The lowest BCUT2D eigenvalue weighted by Crippen LogP contribution is -2.45. The number of aromatic nitrogens is 2. The summed E-state index contributed by atoms with van der Waals surface area (Å²) in [6.45, 7) is 11.4. The molecule has 1 saturated heterocycles. The molecule has 3 heterocycles. The van der Waals surface area contributed by atoms with Crippen LogP contribution in [0.1, 0.15) is 57.5 Å². The van der Waals surface area contributed by atoms with Crippen LogP contribution in [0, 0.1) is 6.92 Å². The van der Waals surface area contributed by atoms with Crippen LogP contribution >= 0.6 is 27.3 Å². The van der Waals surface area contributed by atoms with E-state index in [1.165, 1.54) is 6.42 Å². The first kappa shape index (κ1) is 27.2. The summed E-state index contributed by atoms with van der Waals surface area (Å²) in [5.74, 6) is 0.506. The van der Waals surface area contributed by atoms with Crippen molar-refractivity contribution in [3.63, 3.8) is 0 Å². The number of rotatable bonds is 4. The highest BCUT2D eigenvalue weighted by Crippen LogP contribution is 2.36. The molecule has 0 saturated carbocycles. The Morgan fingerprint density at radius 2 is 1.76 bits per heavy atom. The molecule has 0 aliphatic carbocycles. The second-order valence-corrected chi connectivity index (χ2v) is 9.52. The number of pyridine rings is 1. The van der Waals surface area contributed by atoms with E-state index in [1.54, 1.807) is 17.5 Å². The van der Waals surface area contributed by atoms with Crippen LogP contribution in [0.2, 0.25) is 0 Å². The number of thiazole rings is 1. The summed E-state index contributed by atoms with van der Waals surface area (Å²) in [6, 6.07) is 11.7. The standard InChI is InChI=1S/C21H20BrN3O2S.C3H8.C2H6/c1-14-24-18(13-28-14)15-2-7-19(23-12-15)25-20(26)21(8-10-27-11-9-21)16-3-5-17(22)6-4-16;1-3-2;1-2/h2-7,12-13H,8-11H2,1H3,(H,23,25,26);3H2,1-2H3;1-2H3. The van der Waals surface area contributed by atoms with Crippen molar-refractivity contribution in [2.24, 2.45) is 0 Å². The molecular weight excluding hydrogens is 498 g/mol. The molecule has 1 aliphatic rings. The molecule has 0 spiro atoms. The largest absolute Gasteiger partial charge is 0.381 e. The van der Waals surface area contributed by atoms with Crippen LogP contribution in [0.5, 0.6) is 0 Å². The molecule has 5 nitrogen and oxygen atoms in total. The third-order valence-corrected chi connectivity index (χ3v) is 6.40. The SMILES string of the molecule is CC.CCC.Cc1nc(-c2ccc(NC(=O)C3(c4ccc(Br)cc4)CCOCC3)nc2)cs1. The topological polar surface area (TPSA) is 64.1 Å². The van der Waals surface area contributed by atoms with Crippen LogP contribution in [-0.4, -0.2) is 29.1 Å². The molecule has 0 bridgehead atoms. The number of nitrogens with one attached hydrogen (secondary N) is 1. The Labute approximate surface area is 210 Å². The summed E-state index contributed by atoms with van der Waals surface area (Å²) in [5, 5.41) is 6.04. The molecule has 2 aromatic heterocycles. The van der Waals surface area contributed by atoms with E-state index < -0.39 is 5.41 Å². The summed E-state index contributed by atoms with van der Waals surface area (Å²) in [5.41, 5.74) is 2.25. The first-order chi connectivity index (χ1) is 16.0. The highest BCUT2D eigenvalue weighted by atomic mass is 79.9. The van der Waals surface area contributed by atoms with Gasteiger partial charge in [-0.3, -0.25) is 4.79 Å². The predicted molar refractivity (Wildman–Crippen MR) is 142 cm³/mol. The molecule has 0 radical (unpaired) electrons. The molecule has 1 amide bonds. The van der Waals surface area contributed by atoms with Gasteiger partial charge in [-0.25, -0.2) is 9.97 Å². The molecule has 7 heteroatoms. The van der Waals surface area contributed by atoms with Crippen LogP contribution in [0.4, 0.5) is 5.82 Å². The lowest BCUT2D eigenvalue weighted by molar-refractivity contribution is -0.125. The van der Waals surface area contributed by atoms with Gasteiger partial charge in [0.1, 0.15) is 5.82 Å². The van der Waals surface area contributed by atoms with Gasteiger partial charge in [0.15, 0.2) is 0 Å². The highest BCUT2D eigenvalue weighted by Gasteiger charge is 2.41. The van der Waals surface area contributed by atoms with Gasteiger partial charge in [-0.2, -0.15) is 0 Å². The van der Waals surface area contributed by atoms with Crippen molar-refractivity contribution in [2.45, 2.75) is 59.3 Å². The normalized spacial score (nSPS) is 14.2. The fourth-order valence-corrected chi connectivity index (χ4v) is 4.37. The van der Waals surface area contributed by atoms with Crippen LogP contribution < -0.4 is 5.32 Å². The van der Waals surface area contributed by atoms with E-state index in [-0.39, 0.29) is 5.91 Å². The zero-order chi connectivity index (χ0) is 24.3. The van der Waals surface area contributed by atoms with E-state index in [0.717, 1.165) is 26.3 Å². The quantitative estimate of drug-likeness (QED) is 0.380. The third-order valence-electron chi connectivity index (χ3n) is 5.10. The maximum absolute atomic E-state index is 13.3. The molecule has 178 valence electrons. The number of carbonyl (C=O) groups is 1. The number of benzene rings is 1. The molecule has 1 N–H and O–H groups in total. The Bertz CT molecular complexity index is 982. The number of halogens is 1. The van der Waals surface area contributed by atoms with Gasteiger partial charge in [0, 0.05) is 34.8 Å². The minimum absolute atomic E-state index is 0.0390. The van der Waals surface area contributed by atoms with Crippen molar-refractivity contribution in [1.82, 2.24) is 9.97 Å². The monoisotopic (exact) mass is 531 g/mol. The van der Waals surface area contributed by atoms with Gasteiger partial charge in [0.25, 0.3) is 0 Å². The highest BCUT2D eigenvalue weighted by molar-refractivity contribution is 9.10. The smallest absolute Gasteiger partial charge is 0.236 e. The maximum Gasteiger partial charge on any atom is 0.236 e. The second-order valence-electron chi connectivity index (χ2n) is 7.55. The average molecular weight is 533 g/mol. The fourth-order valence-electron chi connectivity index (χ4n) is 3.49. The molecule has 4 rings (SSSR count). The number of nitrogens with zero attached hydrogens (tertiary/aromatic N) is 2. The Morgan fingerprint density at radius 3 is 2.27 bits per heavy atom. The minimum Gasteiger partial charge on any atom is -0.381 e. The number of anilines is 1. The number of hydrogen-bond donors (Lipinski definition) is 1. The zero-order valence-corrected chi connectivity index (χ0v) is 22.6. The number of aryl methyl sites for hydroxylation is 1. The molecule has 0 atom stereocenters. The van der Waals surface area contributed by atoms with Crippen molar-refractivity contribution >= 4 is 39.0 Å². The summed E-state index contributed by atoms with van der Waals surface area (Å²) >= 11 is 5.07. The summed E-state index contributed by atoms with van der Waals surface area (Å²) in [7, 11) is 0. The van der Waals surface area contributed by atoms with E-state index in [0.29, 0.717) is 31.9 Å². The average Bonchev–Trinajstić information content (AvgIpc) is 3.28. The summed E-state index contributed by atoms with van der Waals surface area (Å²) < 4.78 is 6.52. The number of carbonyl (C=O) groups excluding carboxylic acids is 1. The summed E-state index contributed by atoms with van der Waals surface area (Å²) in [6.07, 6.45) is 4.30. The number of hydrogen-bond acceptors (Lipinski definition) is 5. The Hall–Kier alpha value is -2.09. The Balaban J connectivity index is 0.000000714. The van der Waals surface area contributed by atoms with Gasteiger partial charge in [0.05, 0.1) is 16.1 Å². The maximum atomic E-state index is 13.3. The van der Waals surface area contributed by atoms with Gasteiger partial charge in [-0.15, -0.1) is 11.3 Å². The van der Waals surface area contributed by atoms with E-state index in [2.05, 4.69) is 45.1 Å². The van der Waals surface area contributed by atoms with Crippen LogP contribution in [0.25, 0.3) is 11.3 Å². The predicted octanol–water partition coefficient (Wildman–Crippen LogP) is 7.41. The Morgan fingerprint density at radius 1 is 1.12 bits per heavy atom. The zero-order valence-electron chi connectivity index (χ0n) is 20.2. The van der Waals surface area contributed by atoms with Gasteiger partial charge in [0.2, 0.25) is 5.91 Å². The molecule has 3 aromatic rings. The lowest BCUT2D eigenvalue weighted by atomic mass is 9.73. The van der Waals surface area contributed by atoms with Crippen molar-refractivity contribution < 1.29 is 9.53 Å². The van der Waals surface area contributed by atoms with Crippen LogP contribution in [0.3, 0.4) is 0 Å². The Kier molecular flexibility index (Phi) is 11.2. The van der Waals surface area contributed by atoms with Gasteiger partial charge < -0.3 is 10.1 Å². The van der Waals surface area contributed by atoms with Crippen molar-refractivity contribution in [3.8, 4) is 11.3 Å². The molecule has 1 aromatic carbocycles. The second kappa shape index (κ2) is 13.6. The van der Waals surface area contributed by atoms with Crippen LogP contribution in [0.15, 0.2) is 52.4 Å². The molecule has 1 aliphatic heterocycles. The molecule has 0 unspecified atom stereocenters. The molecule has 1 fully saturated rings. The van der Waals surface area contributed by atoms with Gasteiger partial charge >= 0.3 is 0 Å². The van der Waals surface area contributed by atoms with Crippen molar-refractivity contribution in [2.75, 3.05) is 18.5 Å². The third kappa shape index (κ3) is 7.19. The van der Waals surface area contributed by atoms with Crippen molar-refractivity contribution in [1.29, 1.82) is 0 Å². The summed E-state index contributed by atoms with van der Waals surface area (Å²) in [4.78, 5) is 22.2. The fraction of sp³-hybridized carbons (Fsp3) is 0.423.